The van der Waals surface area contributed by atoms with E-state index in [9.17, 15) is 14.5 Å². The average molecular weight is 345 g/mol. The molecule has 0 aliphatic heterocycles. The number of hydrogen-bond acceptors (Lipinski definition) is 6. The SMILES string of the molecule is CSc1nc(C)cc(-c2cnn(-c3ccc([N+](=O)[O-])cc3F)c2)n1. The molecule has 0 atom stereocenters. The molecule has 0 bridgehead atoms. The summed E-state index contributed by atoms with van der Waals surface area (Å²) >= 11 is 1.43. The van der Waals surface area contributed by atoms with Crippen LogP contribution in [0.3, 0.4) is 0 Å². The number of halogens is 1. The molecule has 0 aliphatic rings. The van der Waals surface area contributed by atoms with Gasteiger partial charge in [0.25, 0.3) is 5.69 Å². The van der Waals surface area contributed by atoms with E-state index in [2.05, 4.69) is 15.1 Å². The van der Waals surface area contributed by atoms with E-state index < -0.39 is 10.7 Å². The lowest BCUT2D eigenvalue weighted by Crippen LogP contribution is -1.99. The largest absolute Gasteiger partial charge is 0.272 e. The first-order valence-electron chi connectivity index (χ1n) is 6.87. The maximum atomic E-state index is 14.1. The first-order chi connectivity index (χ1) is 11.5. The molecule has 1 aromatic carbocycles. The van der Waals surface area contributed by atoms with E-state index in [1.165, 1.54) is 28.6 Å². The summed E-state index contributed by atoms with van der Waals surface area (Å²) in [5, 5.41) is 15.4. The molecule has 9 heteroatoms. The lowest BCUT2D eigenvalue weighted by Gasteiger charge is -2.03. The Morgan fingerprint density at radius 2 is 2.08 bits per heavy atom. The minimum Gasteiger partial charge on any atom is -0.258 e. The molecule has 2 aromatic heterocycles. The van der Waals surface area contributed by atoms with E-state index in [0.29, 0.717) is 16.4 Å². The third kappa shape index (κ3) is 3.11. The van der Waals surface area contributed by atoms with Crippen LogP contribution < -0.4 is 0 Å². The van der Waals surface area contributed by atoms with Gasteiger partial charge in [-0.1, -0.05) is 11.8 Å². The van der Waals surface area contributed by atoms with Gasteiger partial charge in [-0.2, -0.15) is 5.10 Å². The van der Waals surface area contributed by atoms with Crippen molar-refractivity contribution in [1.82, 2.24) is 19.7 Å². The van der Waals surface area contributed by atoms with E-state index in [4.69, 9.17) is 0 Å². The van der Waals surface area contributed by atoms with E-state index in [1.807, 2.05) is 19.2 Å². The second-order valence-electron chi connectivity index (χ2n) is 4.95. The van der Waals surface area contributed by atoms with Crippen molar-refractivity contribution < 1.29 is 9.31 Å². The zero-order valence-electron chi connectivity index (χ0n) is 12.8. The average Bonchev–Trinajstić information content (AvgIpc) is 3.03. The molecule has 7 nitrogen and oxygen atoms in total. The number of nitrogens with zero attached hydrogens (tertiary/aromatic N) is 5. The Kier molecular flexibility index (Phi) is 4.26. The number of aromatic nitrogens is 4. The Labute approximate surface area is 140 Å². The number of hydrogen-bond donors (Lipinski definition) is 0. The highest BCUT2D eigenvalue weighted by atomic mass is 32.2. The summed E-state index contributed by atoms with van der Waals surface area (Å²) < 4.78 is 15.4. The predicted molar refractivity (Wildman–Crippen MR) is 87.7 cm³/mol. The van der Waals surface area contributed by atoms with Crippen LogP contribution in [0.1, 0.15) is 5.69 Å². The number of aryl methyl sites for hydroxylation is 1. The molecule has 0 N–H and O–H groups in total. The third-order valence-electron chi connectivity index (χ3n) is 3.28. The van der Waals surface area contributed by atoms with Crippen LogP contribution in [0.4, 0.5) is 10.1 Å². The van der Waals surface area contributed by atoms with Crippen molar-refractivity contribution >= 4 is 17.4 Å². The Hall–Kier alpha value is -2.81. The minimum atomic E-state index is -0.720. The minimum absolute atomic E-state index is 0.128. The summed E-state index contributed by atoms with van der Waals surface area (Å²) in [7, 11) is 0. The van der Waals surface area contributed by atoms with Crippen molar-refractivity contribution in [2.24, 2.45) is 0 Å². The molecule has 3 rings (SSSR count). The van der Waals surface area contributed by atoms with Gasteiger partial charge in [-0.3, -0.25) is 10.1 Å². The molecule has 0 unspecified atom stereocenters. The molecule has 0 radical (unpaired) electrons. The first-order valence-corrected chi connectivity index (χ1v) is 8.09. The quantitative estimate of drug-likeness (QED) is 0.312. The fourth-order valence-corrected chi connectivity index (χ4v) is 2.59. The highest BCUT2D eigenvalue weighted by Gasteiger charge is 2.14. The third-order valence-corrected chi connectivity index (χ3v) is 3.83. The van der Waals surface area contributed by atoms with E-state index in [-0.39, 0.29) is 11.4 Å². The number of rotatable bonds is 4. The predicted octanol–water partition coefficient (Wildman–Crippen LogP) is 3.41. The molecule has 0 fully saturated rings. The monoisotopic (exact) mass is 345 g/mol. The van der Waals surface area contributed by atoms with Crippen molar-refractivity contribution in [3.8, 4) is 16.9 Å². The molecule has 3 aromatic rings. The lowest BCUT2D eigenvalue weighted by molar-refractivity contribution is -0.385. The van der Waals surface area contributed by atoms with Crippen LogP contribution in [0.5, 0.6) is 0 Å². The Balaban J connectivity index is 1.99. The summed E-state index contributed by atoms with van der Waals surface area (Å²) in [6, 6.07) is 5.24. The second kappa shape index (κ2) is 6.36. The maximum Gasteiger partial charge on any atom is 0.272 e. The van der Waals surface area contributed by atoms with Gasteiger partial charge in [0.15, 0.2) is 11.0 Å². The highest BCUT2D eigenvalue weighted by Crippen LogP contribution is 2.24. The Bertz CT molecular complexity index is 928. The topological polar surface area (TPSA) is 86.7 Å². The fraction of sp³-hybridized carbons (Fsp3) is 0.133. The summed E-state index contributed by atoms with van der Waals surface area (Å²) in [5.41, 5.74) is 2.02. The van der Waals surface area contributed by atoms with Gasteiger partial charge in [-0.15, -0.1) is 0 Å². The molecule has 0 amide bonds. The Morgan fingerprint density at radius 3 is 2.75 bits per heavy atom. The normalized spacial score (nSPS) is 10.8. The summed E-state index contributed by atoms with van der Waals surface area (Å²) in [6.45, 7) is 1.87. The van der Waals surface area contributed by atoms with Crippen LogP contribution in [0.25, 0.3) is 16.9 Å². The van der Waals surface area contributed by atoms with E-state index in [1.54, 1.807) is 12.4 Å². The van der Waals surface area contributed by atoms with Crippen molar-refractivity contribution in [3.05, 3.63) is 58.3 Å². The van der Waals surface area contributed by atoms with Gasteiger partial charge >= 0.3 is 0 Å². The number of non-ortho nitro benzene ring substituents is 1. The molecular formula is C15H12FN5O2S. The summed E-state index contributed by atoms with van der Waals surface area (Å²) in [4.78, 5) is 18.7. The number of thioether (sulfide) groups is 1. The maximum absolute atomic E-state index is 14.1. The molecule has 0 aliphatic carbocycles. The molecular weight excluding hydrogens is 333 g/mol. The molecule has 122 valence electrons. The standard InChI is InChI=1S/C15H12FN5O2S/c1-9-5-13(19-15(18-9)24-2)10-7-17-20(8-10)14-4-3-11(21(22)23)6-12(14)16/h3-8H,1-2H3. The van der Waals surface area contributed by atoms with Crippen LogP contribution in [0, 0.1) is 22.9 Å². The number of nitro groups is 1. The van der Waals surface area contributed by atoms with Crippen molar-refractivity contribution in [1.29, 1.82) is 0 Å². The van der Waals surface area contributed by atoms with Gasteiger partial charge in [-0.25, -0.2) is 19.0 Å². The lowest BCUT2D eigenvalue weighted by atomic mass is 10.2. The molecule has 24 heavy (non-hydrogen) atoms. The van der Waals surface area contributed by atoms with Gasteiger partial charge in [-0.05, 0) is 25.3 Å². The smallest absolute Gasteiger partial charge is 0.258 e. The van der Waals surface area contributed by atoms with Crippen LogP contribution >= 0.6 is 11.8 Å². The van der Waals surface area contributed by atoms with Gasteiger partial charge in [0.2, 0.25) is 0 Å². The van der Waals surface area contributed by atoms with E-state index >= 15 is 0 Å². The number of nitro benzene ring substituents is 1. The summed E-state index contributed by atoms with van der Waals surface area (Å²) in [6.07, 6.45) is 5.07. The van der Waals surface area contributed by atoms with Crippen LogP contribution in [0.2, 0.25) is 0 Å². The van der Waals surface area contributed by atoms with Gasteiger partial charge < -0.3 is 0 Å². The van der Waals surface area contributed by atoms with Gasteiger partial charge in [0.05, 0.1) is 22.9 Å². The van der Waals surface area contributed by atoms with Gasteiger partial charge in [0, 0.05) is 23.5 Å². The summed E-state index contributed by atoms with van der Waals surface area (Å²) in [5.74, 6) is -0.720. The molecule has 0 saturated carbocycles. The highest BCUT2D eigenvalue weighted by molar-refractivity contribution is 7.98. The van der Waals surface area contributed by atoms with Crippen molar-refractivity contribution in [3.63, 3.8) is 0 Å². The van der Waals surface area contributed by atoms with E-state index in [0.717, 1.165) is 11.8 Å². The van der Waals surface area contributed by atoms with Crippen molar-refractivity contribution in [2.75, 3.05) is 6.26 Å². The second-order valence-corrected chi connectivity index (χ2v) is 5.72. The van der Waals surface area contributed by atoms with Crippen molar-refractivity contribution in [2.45, 2.75) is 12.1 Å². The van der Waals surface area contributed by atoms with Crippen LogP contribution in [0.15, 0.2) is 41.8 Å². The van der Waals surface area contributed by atoms with Crippen LogP contribution in [-0.4, -0.2) is 30.9 Å². The van der Waals surface area contributed by atoms with Gasteiger partial charge in [0.1, 0.15) is 5.69 Å². The first kappa shape index (κ1) is 16.1. The fourth-order valence-electron chi connectivity index (χ4n) is 2.16. The Morgan fingerprint density at radius 1 is 1.29 bits per heavy atom. The molecule has 0 saturated heterocycles. The number of benzene rings is 1. The molecule has 0 spiro atoms. The van der Waals surface area contributed by atoms with Crippen LogP contribution in [-0.2, 0) is 0 Å². The zero-order valence-corrected chi connectivity index (χ0v) is 13.6. The molecule has 2 heterocycles. The zero-order chi connectivity index (χ0) is 17.3.